The molecule has 8 heteroatoms. The zero-order valence-corrected chi connectivity index (χ0v) is 14.9. The third-order valence-electron chi connectivity index (χ3n) is 4.44. The van der Waals surface area contributed by atoms with Gasteiger partial charge < -0.3 is 19.7 Å². The standard InChI is InChI=1S/C17H20N2O5S/c1-17-8-7-15(21)19(17)13(10-25-17)16(22)24-9-14(20)18-11-3-5-12(23-2)6-4-11/h3-6,13H,7-10H2,1-2H3,(H,18,20)/t13-,17-/m0/s1. The number of carbonyl (C=O) groups is 3. The van der Waals surface area contributed by atoms with E-state index in [0.29, 0.717) is 23.6 Å². The number of hydrogen-bond acceptors (Lipinski definition) is 6. The van der Waals surface area contributed by atoms with Gasteiger partial charge in [0.25, 0.3) is 5.91 Å². The third-order valence-corrected chi connectivity index (χ3v) is 5.94. The Morgan fingerprint density at radius 1 is 1.36 bits per heavy atom. The van der Waals surface area contributed by atoms with Gasteiger partial charge in [0, 0.05) is 17.9 Å². The average molecular weight is 364 g/mol. The van der Waals surface area contributed by atoms with Crippen LogP contribution in [0.4, 0.5) is 5.69 Å². The van der Waals surface area contributed by atoms with Crippen molar-refractivity contribution in [1.82, 2.24) is 4.90 Å². The first-order valence-corrected chi connectivity index (χ1v) is 8.98. The fraction of sp³-hybridized carbons (Fsp3) is 0.471. The van der Waals surface area contributed by atoms with Crippen LogP contribution in [0.15, 0.2) is 24.3 Å². The van der Waals surface area contributed by atoms with Crippen molar-refractivity contribution >= 4 is 35.2 Å². The highest BCUT2D eigenvalue weighted by Crippen LogP contribution is 2.47. The van der Waals surface area contributed by atoms with E-state index in [4.69, 9.17) is 9.47 Å². The molecule has 2 atom stereocenters. The predicted molar refractivity (Wildman–Crippen MR) is 93.3 cm³/mol. The molecule has 0 aliphatic carbocycles. The number of methoxy groups -OCH3 is 1. The van der Waals surface area contributed by atoms with Crippen LogP contribution in [-0.4, -0.2) is 53.1 Å². The lowest BCUT2D eigenvalue weighted by Crippen LogP contribution is -2.47. The number of benzene rings is 1. The molecule has 2 saturated heterocycles. The average Bonchev–Trinajstić information content (AvgIpc) is 3.10. The minimum atomic E-state index is -0.612. The molecule has 3 rings (SSSR count). The molecule has 1 aromatic rings. The van der Waals surface area contributed by atoms with Gasteiger partial charge in [0.2, 0.25) is 5.91 Å². The largest absolute Gasteiger partial charge is 0.497 e. The van der Waals surface area contributed by atoms with Crippen molar-refractivity contribution in [3.05, 3.63) is 24.3 Å². The van der Waals surface area contributed by atoms with Gasteiger partial charge in [0.05, 0.1) is 12.0 Å². The molecule has 1 N–H and O–H groups in total. The molecule has 0 aromatic heterocycles. The van der Waals surface area contributed by atoms with Crippen molar-refractivity contribution in [2.45, 2.75) is 30.7 Å². The summed E-state index contributed by atoms with van der Waals surface area (Å²) in [5, 5.41) is 2.64. The molecule has 7 nitrogen and oxygen atoms in total. The number of esters is 1. The summed E-state index contributed by atoms with van der Waals surface area (Å²) in [6.07, 6.45) is 1.18. The number of anilines is 1. The van der Waals surface area contributed by atoms with Crippen LogP contribution in [0.2, 0.25) is 0 Å². The number of nitrogens with one attached hydrogen (secondary N) is 1. The lowest BCUT2D eigenvalue weighted by atomic mass is 10.2. The summed E-state index contributed by atoms with van der Waals surface area (Å²) in [5.74, 6) is 0.191. The number of hydrogen-bond donors (Lipinski definition) is 1. The van der Waals surface area contributed by atoms with Gasteiger partial charge in [-0.3, -0.25) is 9.59 Å². The zero-order valence-electron chi connectivity index (χ0n) is 14.1. The van der Waals surface area contributed by atoms with Crippen LogP contribution >= 0.6 is 11.8 Å². The van der Waals surface area contributed by atoms with Crippen molar-refractivity contribution in [1.29, 1.82) is 0 Å². The van der Waals surface area contributed by atoms with Crippen LogP contribution in [0.5, 0.6) is 5.75 Å². The minimum absolute atomic E-state index is 0.0304. The number of thioether (sulfide) groups is 1. The second kappa shape index (κ2) is 6.95. The van der Waals surface area contributed by atoms with E-state index in [0.717, 1.165) is 6.42 Å². The fourth-order valence-electron chi connectivity index (χ4n) is 3.10. The molecule has 2 amide bonds. The second-order valence-corrected chi connectivity index (χ2v) is 7.65. The maximum atomic E-state index is 12.3. The minimum Gasteiger partial charge on any atom is -0.497 e. The molecule has 2 aliphatic heterocycles. The highest BCUT2D eigenvalue weighted by molar-refractivity contribution is 8.01. The van der Waals surface area contributed by atoms with Crippen molar-refractivity contribution in [3.8, 4) is 5.75 Å². The van der Waals surface area contributed by atoms with E-state index in [1.54, 1.807) is 48.0 Å². The van der Waals surface area contributed by atoms with Crippen LogP contribution in [0.1, 0.15) is 19.8 Å². The normalized spacial score (nSPS) is 24.8. The summed E-state index contributed by atoms with van der Waals surface area (Å²) in [5.41, 5.74) is 0.584. The molecule has 25 heavy (non-hydrogen) atoms. The molecule has 0 spiro atoms. The molecule has 0 saturated carbocycles. The Morgan fingerprint density at radius 3 is 2.76 bits per heavy atom. The van der Waals surface area contributed by atoms with Crippen LogP contribution in [0.25, 0.3) is 0 Å². The molecular formula is C17H20N2O5S. The highest BCUT2D eigenvalue weighted by atomic mass is 32.2. The van der Waals surface area contributed by atoms with Gasteiger partial charge in [-0.25, -0.2) is 4.79 Å². The van der Waals surface area contributed by atoms with Gasteiger partial charge in [-0.1, -0.05) is 0 Å². The van der Waals surface area contributed by atoms with Gasteiger partial charge >= 0.3 is 5.97 Å². The lowest BCUT2D eigenvalue weighted by molar-refractivity contribution is -0.155. The van der Waals surface area contributed by atoms with Crippen LogP contribution in [0, 0.1) is 0 Å². The topological polar surface area (TPSA) is 84.9 Å². The number of ether oxygens (including phenoxy) is 2. The van der Waals surface area contributed by atoms with Crippen molar-refractivity contribution in [2.24, 2.45) is 0 Å². The summed E-state index contributed by atoms with van der Waals surface area (Å²) in [6, 6.07) is 6.22. The number of amides is 2. The molecule has 2 heterocycles. The van der Waals surface area contributed by atoms with Gasteiger partial charge in [-0.2, -0.15) is 0 Å². The second-order valence-electron chi connectivity index (χ2n) is 6.15. The maximum absolute atomic E-state index is 12.3. The third kappa shape index (κ3) is 3.58. The summed E-state index contributed by atoms with van der Waals surface area (Å²) in [4.78, 5) is 37.5. The van der Waals surface area contributed by atoms with Gasteiger partial charge in [0.1, 0.15) is 11.8 Å². The fourth-order valence-corrected chi connectivity index (χ4v) is 4.52. The summed E-state index contributed by atoms with van der Waals surface area (Å²) < 4.78 is 10.2. The Hall–Kier alpha value is -2.22. The molecule has 0 bridgehead atoms. The number of fused-ring (bicyclic) bond motifs is 1. The van der Waals surface area contributed by atoms with Gasteiger partial charge in [0.15, 0.2) is 6.61 Å². The summed E-state index contributed by atoms with van der Waals surface area (Å²) >= 11 is 1.59. The smallest absolute Gasteiger partial charge is 0.330 e. The number of nitrogens with zero attached hydrogens (tertiary/aromatic N) is 1. The monoisotopic (exact) mass is 364 g/mol. The Labute approximate surface area is 150 Å². The van der Waals surface area contributed by atoms with Crippen molar-refractivity contribution in [2.75, 3.05) is 24.8 Å². The molecule has 2 fully saturated rings. The van der Waals surface area contributed by atoms with Crippen molar-refractivity contribution < 1.29 is 23.9 Å². The van der Waals surface area contributed by atoms with E-state index in [2.05, 4.69) is 5.32 Å². The Kier molecular flexibility index (Phi) is 4.89. The first kappa shape index (κ1) is 17.6. The lowest BCUT2D eigenvalue weighted by Gasteiger charge is -2.29. The van der Waals surface area contributed by atoms with E-state index in [-0.39, 0.29) is 17.4 Å². The highest BCUT2D eigenvalue weighted by Gasteiger charge is 2.53. The summed E-state index contributed by atoms with van der Waals surface area (Å²) in [7, 11) is 1.56. The molecule has 0 unspecified atom stereocenters. The van der Waals surface area contributed by atoms with Gasteiger partial charge in [-0.05, 0) is 37.6 Å². The van der Waals surface area contributed by atoms with E-state index in [1.807, 2.05) is 6.92 Å². The first-order chi connectivity index (χ1) is 11.9. The molecule has 134 valence electrons. The van der Waals surface area contributed by atoms with E-state index < -0.39 is 17.9 Å². The van der Waals surface area contributed by atoms with Crippen molar-refractivity contribution in [3.63, 3.8) is 0 Å². The van der Waals surface area contributed by atoms with Crippen LogP contribution < -0.4 is 10.1 Å². The number of carbonyl (C=O) groups excluding carboxylic acids is 3. The molecule has 2 aliphatic rings. The number of rotatable bonds is 5. The quantitative estimate of drug-likeness (QED) is 0.800. The molecule has 1 aromatic carbocycles. The summed E-state index contributed by atoms with van der Waals surface area (Å²) in [6.45, 7) is 1.58. The zero-order chi connectivity index (χ0) is 18.0. The first-order valence-electron chi connectivity index (χ1n) is 7.99. The SMILES string of the molecule is COc1ccc(NC(=O)COC(=O)[C@@H]2CS[C@@]3(C)CCC(=O)N23)cc1. The van der Waals surface area contributed by atoms with E-state index >= 15 is 0 Å². The Bertz CT molecular complexity index is 693. The maximum Gasteiger partial charge on any atom is 0.330 e. The van der Waals surface area contributed by atoms with Crippen LogP contribution in [-0.2, 0) is 19.1 Å². The Morgan fingerprint density at radius 2 is 2.08 bits per heavy atom. The van der Waals surface area contributed by atoms with E-state index in [9.17, 15) is 14.4 Å². The molecular weight excluding hydrogens is 344 g/mol. The predicted octanol–water partition coefficient (Wildman–Crippen LogP) is 1.63. The Balaban J connectivity index is 1.52. The van der Waals surface area contributed by atoms with E-state index in [1.165, 1.54) is 0 Å². The van der Waals surface area contributed by atoms with Gasteiger partial charge in [-0.15, -0.1) is 11.8 Å². The van der Waals surface area contributed by atoms with Crippen LogP contribution in [0.3, 0.4) is 0 Å². The molecule has 0 radical (unpaired) electrons.